The number of nitrogens with two attached hydrogens (primary N) is 1. The van der Waals surface area contributed by atoms with Crippen LogP contribution < -0.4 is 5.73 Å². The average molecular weight is 249 g/mol. The highest BCUT2D eigenvalue weighted by Gasteiger charge is 2.28. The van der Waals surface area contributed by atoms with Crippen LogP contribution in [0.2, 0.25) is 0 Å². The molecule has 2 rings (SSSR count). The van der Waals surface area contributed by atoms with Crippen molar-refractivity contribution < 1.29 is 9.59 Å². The lowest BCUT2D eigenvalue weighted by Crippen LogP contribution is -2.49. The van der Waals surface area contributed by atoms with E-state index in [1.54, 1.807) is 12.3 Å². The van der Waals surface area contributed by atoms with Gasteiger partial charge in [-0.05, 0) is 25.5 Å². The van der Waals surface area contributed by atoms with Crippen LogP contribution in [-0.2, 0) is 11.8 Å². The van der Waals surface area contributed by atoms with Gasteiger partial charge in [0.2, 0.25) is 5.91 Å². The van der Waals surface area contributed by atoms with Gasteiger partial charge < -0.3 is 10.3 Å². The van der Waals surface area contributed by atoms with Crippen molar-refractivity contribution in [1.82, 2.24) is 9.47 Å². The van der Waals surface area contributed by atoms with Crippen LogP contribution in [0.4, 0.5) is 0 Å². The highest BCUT2D eigenvalue weighted by Crippen LogP contribution is 2.17. The minimum atomic E-state index is -0.324. The molecule has 0 bridgehead atoms. The molecule has 0 aromatic carbocycles. The fraction of sp³-hybridized carbons (Fsp3) is 0.538. The van der Waals surface area contributed by atoms with Gasteiger partial charge in [-0.2, -0.15) is 0 Å². The van der Waals surface area contributed by atoms with Crippen LogP contribution in [-0.4, -0.2) is 40.3 Å². The molecule has 2 heterocycles. The highest BCUT2D eigenvalue weighted by molar-refractivity contribution is 5.97. The lowest BCUT2D eigenvalue weighted by Gasteiger charge is -2.32. The molecule has 0 aliphatic carbocycles. The molecule has 1 atom stereocenters. The standard InChI is InChI=1S/C13H19N3O2/c1-15-7-5-10(8-15)12(17)9-16-6-3-2-4-11(16)13(14)18/h5,7-8,11H,2-4,6,9H2,1H3,(H2,14,18). The first-order valence-electron chi connectivity index (χ1n) is 6.26. The topological polar surface area (TPSA) is 68.3 Å². The summed E-state index contributed by atoms with van der Waals surface area (Å²) in [6.07, 6.45) is 6.42. The molecule has 0 spiro atoms. The van der Waals surface area contributed by atoms with Crippen molar-refractivity contribution in [3.05, 3.63) is 24.0 Å². The molecule has 1 aromatic heterocycles. The Morgan fingerprint density at radius 2 is 2.22 bits per heavy atom. The lowest BCUT2D eigenvalue weighted by atomic mass is 10.0. The molecule has 2 N–H and O–H groups in total. The summed E-state index contributed by atoms with van der Waals surface area (Å²) in [6.45, 7) is 1.05. The number of nitrogens with zero attached hydrogens (tertiary/aromatic N) is 2. The molecular formula is C13H19N3O2. The molecule has 98 valence electrons. The number of carbonyl (C=O) groups is 2. The van der Waals surface area contributed by atoms with Crippen molar-refractivity contribution in [1.29, 1.82) is 0 Å². The number of aromatic nitrogens is 1. The summed E-state index contributed by atoms with van der Waals surface area (Å²) in [7, 11) is 1.88. The Morgan fingerprint density at radius 3 is 2.83 bits per heavy atom. The van der Waals surface area contributed by atoms with E-state index < -0.39 is 0 Å². The van der Waals surface area contributed by atoms with E-state index in [9.17, 15) is 9.59 Å². The number of carbonyl (C=O) groups excluding carboxylic acids is 2. The molecule has 1 amide bonds. The quantitative estimate of drug-likeness (QED) is 0.792. The maximum atomic E-state index is 12.1. The first-order chi connectivity index (χ1) is 8.58. The Kier molecular flexibility index (Phi) is 3.81. The van der Waals surface area contributed by atoms with Gasteiger partial charge in [-0.15, -0.1) is 0 Å². The predicted molar refractivity (Wildman–Crippen MR) is 68.1 cm³/mol. The fourth-order valence-electron chi connectivity index (χ4n) is 2.45. The minimum Gasteiger partial charge on any atom is -0.368 e. The zero-order chi connectivity index (χ0) is 13.1. The van der Waals surface area contributed by atoms with Crippen LogP contribution >= 0.6 is 0 Å². The number of likely N-dealkylation sites (tertiary alicyclic amines) is 1. The first-order valence-corrected chi connectivity index (χ1v) is 6.26. The molecule has 0 saturated carbocycles. The van der Waals surface area contributed by atoms with E-state index in [-0.39, 0.29) is 24.3 Å². The van der Waals surface area contributed by atoms with Gasteiger partial charge in [0.1, 0.15) is 0 Å². The van der Waals surface area contributed by atoms with E-state index >= 15 is 0 Å². The van der Waals surface area contributed by atoms with E-state index in [4.69, 9.17) is 5.73 Å². The van der Waals surface area contributed by atoms with E-state index in [2.05, 4.69) is 0 Å². The fourth-order valence-corrected chi connectivity index (χ4v) is 2.45. The summed E-state index contributed by atoms with van der Waals surface area (Å²) in [4.78, 5) is 25.3. The van der Waals surface area contributed by atoms with Gasteiger partial charge in [-0.3, -0.25) is 14.5 Å². The van der Waals surface area contributed by atoms with Crippen LogP contribution in [0.15, 0.2) is 18.5 Å². The smallest absolute Gasteiger partial charge is 0.234 e. The van der Waals surface area contributed by atoms with Crippen molar-refractivity contribution >= 4 is 11.7 Å². The van der Waals surface area contributed by atoms with Crippen molar-refractivity contribution in [2.45, 2.75) is 25.3 Å². The molecule has 5 nitrogen and oxygen atoms in total. The summed E-state index contributed by atoms with van der Waals surface area (Å²) >= 11 is 0. The number of hydrogen-bond donors (Lipinski definition) is 1. The Hall–Kier alpha value is -1.62. The van der Waals surface area contributed by atoms with E-state index in [1.165, 1.54) is 0 Å². The van der Waals surface area contributed by atoms with Gasteiger partial charge in [-0.25, -0.2) is 0 Å². The van der Waals surface area contributed by atoms with Gasteiger partial charge in [0.15, 0.2) is 5.78 Å². The number of Topliss-reactive ketones (excluding diaryl/α,β-unsaturated/α-hetero) is 1. The number of aryl methyl sites for hydroxylation is 1. The zero-order valence-corrected chi connectivity index (χ0v) is 10.6. The number of piperidine rings is 1. The SMILES string of the molecule is Cn1ccc(C(=O)CN2CCCCC2C(N)=O)c1. The van der Waals surface area contributed by atoms with E-state index in [0.717, 1.165) is 25.8 Å². The van der Waals surface area contributed by atoms with Crippen molar-refractivity contribution in [2.75, 3.05) is 13.1 Å². The van der Waals surface area contributed by atoms with Gasteiger partial charge in [-0.1, -0.05) is 6.42 Å². The summed E-state index contributed by atoms with van der Waals surface area (Å²) in [6, 6.07) is 1.51. The van der Waals surface area contributed by atoms with Gasteiger partial charge >= 0.3 is 0 Å². The van der Waals surface area contributed by atoms with E-state index in [0.29, 0.717) is 5.56 Å². The zero-order valence-electron chi connectivity index (χ0n) is 10.6. The van der Waals surface area contributed by atoms with Crippen LogP contribution in [0.5, 0.6) is 0 Å². The Morgan fingerprint density at radius 1 is 1.44 bits per heavy atom. The van der Waals surface area contributed by atoms with E-state index in [1.807, 2.05) is 22.7 Å². The van der Waals surface area contributed by atoms with Crippen LogP contribution in [0.1, 0.15) is 29.6 Å². The first kappa shape index (κ1) is 12.8. The second-order valence-electron chi connectivity index (χ2n) is 4.87. The summed E-state index contributed by atoms with van der Waals surface area (Å²) in [5.74, 6) is -0.278. The molecule has 18 heavy (non-hydrogen) atoms. The largest absolute Gasteiger partial charge is 0.368 e. The maximum absolute atomic E-state index is 12.1. The highest BCUT2D eigenvalue weighted by atomic mass is 16.1. The normalized spacial score (nSPS) is 20.8. The summed E-state index contributed by atoms with van der Waals surface area (Å²) in [5.41, 5.74) is 6.07. The van der Waals surface area contributed by atoms with Crippen LogP contribution in [0.3, 0.4) is 0 Å². The van der Waals surface area contributed by atoms with Crippen LogP contribution in [0, 0.1) is 0 Å². The molecule has 1 fully saturated rings. The number of primary amides is 1. The van der Waals surface area contributed by atoms with Gasteiger partial charge in [0.05, 0.1) is 12.6 Å². The monoisotopic (exact) mass is 249 g/mol. The second kappa shape index (κ2) is 5.35. The Balaban J connectivity index is 2.03. The number of amides is 1. The average Bonchev–Trinajstić information content (AvgIpc) is 2.76. The molecule has 1 unspecified atom stereocenters. The molecule has 1 aromatic rings. The molecular weight excluding hydrogens is 230 g/mol. The molecule has 5 heteroatoms. The number of rotatable bonds is 4. The third-order valence-corrected chi connectivity index (χ3v) is 3.44. The van der Waals surface area contributed by atoms with Crippen LogP contribution in [0.25, 0.3) is 0 Å². The minimum absolute atomic E-state index is 0.0451. The van der Waals surface area contributed by atoms with Crippen molar-refractivity contribution in [3.63, 3.8) is 0 Å². The number of ketones is 1. The number of hydrogen-bond acceptors (Lipinski definition) is 3. The molecule has 0 radical (unpaired) electrons. The lowest BCUT2D eigenvalue weighted by molar-refractivity contribution is -0.124. The second-order valence-corrected chi connectivity index (χ2v) is 4.87. The third kappa shape index (κ3) is 2.79. The van der Waals surface area contributed by atoms with Gasteiger partial charge in [0, 0.05) is 25.0 Å². The van der Waals surface area contributed by atoms with Gasteiger partial charge in [0.25, 0.3) is 0 Å². The Bertz CT molecular complexity index is 453. The predicted octanol–water partition coefficient (Wildman–Crippen LogP) is 0.548. The maximum Gasteiger partial charge on any atom is 0.234 e. The summed E-state index contributed by atoms with van der Waals surface area (Å²) < 4.78 is 1.84. The van der Waals surface area contributed by atoms with Crippen molar-refractivity contribution in [2.24, 2.45) is 12.8 Å². The van der Waals surface area contributed by atoms with Crippen molar-refractivity contribution in [3.8, 4) is 0 Å². The molecule has 1 saturated heterocycles. The third-order valence-electron chi connectivity index (χ3n) is 3.44. The Labute approximate surface area is 107 Å². The molecule has 1 aliphatic rings. The molecule has 1 aliphatic heterocycles. The summed E-state index contributed by atoms with van der Waals surface area (Å²) in [5, 5.41) is 0.